The molecule has 0 bridgehead atoms. The largest absolute Gasteiger partial charge is 0.437 e. The molecule has 1 aliphatic heterocycles. The molecule has 0 radical (unpaired) electrons. The predicted molar refractivity (Wildman–Crippen MR) is 94.3 cm³/mol. The maximum absolute atomic E-state index is 5.82. The van der Waals surface area contributed by atoms with Gasteiger partial charge in [0, 0.05) is 50.2 Å². The molecule has 2 aromatic heterocycles. The summed E-state index contributed by atoms with van der Waals surface area (Å²) in [5.74, 6) is 2.38. The minimum atomic E-state index is 0.493. The molecule has 6 nitrogen and oxygen atoms in total. The number of benzene rings is 1. The van der Waals surface area contributed by atoms with Crippen molar-refractivity contribution >= 4 is 11.0 Å². The van der Waals surface area contributed by atoms with Crippen molar-refractivity contribution in [1.82, 2.24) is 24.4 Å². The summed E-state index contributed by atoms with van der Waals surface area (Å²) in [6.07, 6.45) is 12.2. The lowest BCUT2D eigenvalue weighted by Crippen LogP contribution is -2.26. The Labute approximate surface area is 145 Å². The molecule has 1 aromatic carbocycles. The fraction of sp³-hybridized carbons (Fsp3) is 0.211. The first-order chi connectivity index (χ1) is 12.4. The van der Waals surface area contributed by atoms with Crippen molar-refractivity contribution in [2.45, 2.75) is 13.0 Å². The molecule has 124 valence electrons. The smallest absolute Gasteiger partial charge is 0.237 e. The van der Waals surface area contributed by atoms with Gasteiger partial charge in [-0.2, -0.15) is 0 Å². The van der Waals surface area contributed by atoms with Gasteiger partial charge in [0.05, 0.1) is 17.2 Å². The van der Waals surface area contributed by atoms with Gasteiger partial charge in [-0.15, -0.1) is 0 Å². The monoisotopic (exact) mass is 331 g/mol. The molecule has 0 unspecified atom stereocenters. The molecule has 0 amide bonds. The molecule has 1 aliphatic carbocycles. The first-order valence-corrected chi connectivity index (χ1v) is 8.43. The Morgan fingerprint density at radius 2 is 2.04 bits per heavy atom. The van der Waals surface area contributed by atoms with E-state index in [1.165, 1.54) is 5.70 Å². The van der Waals surface area contributed by atoms with Gasteiger partial charge in [-0.1, -0.05) is 6.08 Å². The molecule has 2 aliphatic rings. The van der Waals surface area contributed by atoms with E-state index in [2.05, 4.69) is 37.7 Å². The van der Waals surface area contributed by atoms with Gasteiger partial charge in [0.15, 0.2) is 0 Å². The fourth-order valence-electron chi connectivity index (χ4n) is 3.33. The average molecular weight is 331 g/mol. The summed E-state index contributed by atoms with van der Waals surface area (Å²) in [6.45, 7) is 2.91. The molecule has 0 atom stereocenters. The maximum Gasteiger partial charge on any atom is 0.237 e. The lowest BCUT2D eigenvalue weighted by atomic mass is 10.2. The number of nitrogens with zero attached hydrogens (tertiary/aromatic N) is 5. The SMILES string of the molecule is C1=CC(N2CCc3nc4ccc(Oc5cnccn5)cc4n3CC2)=C1. The number of imidazole rings is 1. The first-order valence-electron chi connectivity index (χ1n) is 8.43. The number of aromatic nitrogens is 4. The van der Waals surface area contributed by atoms with E-state index in [0.29, 0.717) is 5.88 Å². The Morgan fingerprint density at radius 3 is 2.84 bits per heavy atom. The molecular formula is C19H17N5O. The van der Waals surface area contributed by atoms with Gasteiger partial charge in [0.1, 0.15) is 11.6 Å². The van der Waals surface area contributed by atoms with Gasteiger partial charge < -0.3 is 14.2 Å². The Morgan fingerprint density at radius 1 is 1.08 bits per heavy atom. The van der Waals surface area contributed by atoms with Crippen LogP contribution in [0.1, 0.15) is 5.82 Å². The van der Waals surface area contributed by atoms with Crippen LogP contribution in [-0.4, -0.2) is 37.5 Å². The van der Waals surface area contributed by atoms with E-state index < -0.39 is 0 Å². The molecular weight excluding hydrogens is 314 g/mol. The zero-order valence-corrected chi connectivity index (χ0v) is 13.7. The van der Waals surface area contributed by atoms with E-state index in [1.54, 1.807) is 18.6 Å². The van der Waals surface area contributed by atoms with E-state index in [4.69, 9.17) is 9.72 Å². The summed E-state index contributed by atoms with van der Waals surface area (Å²) < 4.78 is 8.13. The zero-order valence-electron chi connectivity index (χ0n) is 13.7. The van der Waals surface area contributed by atoms with Crippen molar-refractivity contribution < 1.29 is 4.74 Å². The van der Waals surface area contributed by atoms with Gasteiger partial charge in [0.25, 0.3) is 0 Å². The van der Waals surface area contributed by atoms with Crippen LogP contribution in [0.25, 0.3) is 11.0 Å². The van der Waals surface area contributed by atoms with Crippen molar-refractivity contribution in [2.24, 2.45) is 0 Å². The highest BCUT2D eigenvalue weighted by Crippen LogP contribution is 2.27. The van der Waals surface area contributed by atoms with Crippen LogP contribution in [0.5, 0.6) is 11.6 Å². The molecule has 6 heteroatoms. The second-order valence-corrected chi connectivity index (χ2v) is 6.16. The number of rotatable bonds is 3. The molecule has 5 rings (SSSR count). The third kappa shape index (κ3) is 2.55. The van der Waals surface area contributed by atoms with Crippen molar-refractivity contribution in [1.29, 1.82) is 0 Å². The topological polar surface area (TPSA) is 56.1 Å². The van der Waals surface area contributed by atoms with Crippen LogP contribution in [-0.2, 0) is 13.0 Å². The number of fused-ring (bicyclic) bond motifs is 3. The Kier molecular flexibility index (Phi) is 3.26. The van der Waals surface area contributed by atoms with E-state index >= 15 is 0 Å². The number of hydrogen-bond donors (Lipinski definition) is 0. The zero-order chi connectivity index (χ0) is 16.6. The molecule has 3 aromatic rings. The summed E-state index contributed by atoms with van der Waals surface area (Å²) in [5.41, 5.74) is 3.44. The lowest BCUT2D eigenvalue weighted by molar-refractivity contribution is 0.359. The third-order valence-corrected chi connectivity index (χ3v) is 4.66. The van der Waals surface area contributed by atoms with E-state index in [1.807, 2.05) is 18.2 Å². The summed E-state index contributed by atoms with van der Waals surface area (Å²) in [6, 6.07) is 5.98. The number of allylic oxidation sites excluding steroid dienone is 3. The van der Waals surface area contributed by atoms with Crippen LogP contribution < -0.4 is 4.74 Å². The predicted octanol–water partition coefficient (Wildman–Crippen LogP) is 2.93. The Bertz CT molecular complexity index is 990. The summed E-state index contributed by atoms with van der Waals surface area (Å²) in [5, 5.41) is 0. The first kappa shape index (κ1) is 14.2. The van der Waals surface area contributed by atoms with E-state index in [-0.39, 0.29) is 0 Å². The van der Waals surface area contributed by atoms with Gasteiger partial charge in [0.2, 0.25) is 5.88 Å². The van der Waals surface area contributed by atoms with Crippen LogP contribution in [0.15, 0.2) is 60.7 Å². The number of ether oxygens (including phenoxy) is 1. The summed E-state index contributed by atoms with van der Waals surface area (Å²) in [4.78, 5) is 15.4. The molecule has 3 heterocycles. The van der Waals surface area contributed by atoms with Gasteiger partial charge in [-0.25, -0.2) is 9.97 Å². The van der Waals surface area contributed by atoms with Gasteiger partial charge in [-0.05, 0) is 24.3 Å². The molecule has 25 heavy (non-hydrogen) atoms. The minimum Gasteiger partial charge on any atom is -0.437 e. The van der Waals surface area contributed by atoms with Crippen molar-refractivity contribution in [3.8, 4) is 11.6 Å². The van der Waals surface area contributed by atoms with E-state index in [0.717, 1.165) is 48.7 Å². The molecule has 0 N–H and O–H groups in total. The van der Waals surface area contributed by atoms with E-state index in [9.17, 15) is 0 Å². The number of hydrogen-bond acceptors (Lipinski definition) is 5. The molecule has 0 fully saturated rings. The van der Waals surface area contributed by atoms with Gasteiger partial charge in [-0.3, -0.25) is 4.98 Å². The highest BCUT2D eigenvalue weighted by atomic mass is 16.5. The minimum absolute atomic E-state index is 0.493. The van der Waals surface area contributed by atoms with Crippen molar-refractivity contribution in [2.75, 3.05) is 13.1 Å². The quantitative estimate of drug-likeness (QED) is 0.738. The van der Waals surface area contributed by atoms with Crippen LogP contribution in [0.2, 0.25) is 0 Å². The third-order valence-electron chi connectivity index (χ3n) is 4.66. The highest BCUT2D eigenvalue weighted by Gasteiger charge is 2.19. The highest BCUT2D eigenvalue weighted by molar-refractivity contribution is 5.78. The van der Waals surface area contributed by atoms with Crippen LogP contribution in [0.3, 0.4) is 0 Å². The second-order valence-electron chi connectivity index (χ2n) is 6.16. The van der Waals surface area contributed by atoms with Crippen LogP contribution >= 0.6 is 0 Å². The average Bonchev–Trinajstić information content (AvgIpc) is 2.81. The summed E-state index contributed by atoms with van der Waals surface area (Å²) >= 11 is 0. The van der Waals surface area contributed by atoms with Crippen LogP contribution in [0.4, 0.5) is 0 Å². The van der Waals surface area contributed by atoms with Crippen molar-refractivity contribution in [3.63, 3.8) is 0 Å². The standard InChI is InChI=1S/C19H17N5O/c1-2-14(3-1)23-9-6-18-22-16-5-4-15(12-17(16)24(18)11-10-23)25-19-13-20-7-8-21-19/h1-5,7-8,12-13H,6,9-11H2. The Balaban J connectivity index is 1.45. The van der Waals surface area contributed by atoms with Crippen LogP contribution in [0, 0.1) is 0 Å². The molecule has 0 saturated carbocycles. The van der Waals surface area contributed by atoms with Crippen molar-refractivity contribution in [3.05, 3.63) is 66.5 Å². The molecule has 0 spiro atoms. The Hall–Kier alpha value is -3.15. The second kappa shape index (κ2) is 5.73. The maximum atomic E-state index is 5.82. The normalized spacial score (nSPS) is 16.2. The lowest BCUT2D eigenvalue weighted by Gasteiger charge is -2.25. The summed E-state index contributed by atoms with van der Waals surface area (Å²) in [7, 11) is 0. The fourth-order valence-corrected chi connectivity index (χ4v) is 3.33. The molecule has 0 saturated heterocycles. The van der Waals surface area contributed by atoms with Gasteiger partial charge >= 0.3 is 0 Å².